The van der Waals surface area contributed by atoms with Crippen LogP contribution < -0.4 is 19.9 Å². The van der Waals surface area contributed by atoms with Crippen molar-refractivity contribution in [1.29, 1.82) is 0 Å². The summed E-state index contributed by atoms with van der Waals surface area (Å²) in [6.07, 6.45) is 0. The predicted octanol–water partition coefficient (Wildman–Crippen LogP) is 4.77. The van der Waals surface area contributed by atoms with E-state index in [4.69, 9.17) is 4.74 Å². The SMILES string of the molecule is COc1ccccc1C1=C(Nc2ccc(C)cc2C)C(=O)N(c2ccc(N(C)C)cc2)C1=O. The van der Waals surface area contributed by atoms with Gasteiger partial charge in [0.25, 0.3) is 11.8 Å². The zero-order chi connectivity index (χ0) is 23.7. The third-order valence-corrected chi connectivity index (χ3v) is 5.73. The average Bonchev–Trinajstić information content (AvgIpc) is 3.04. The lowest BCUT2D eigenvalue weighted by Crippen LogP contribution is -2.32. The lowest BCUT2D eigenvalue weighted by atomic mass is 10.0. The third kappa shape index (κ3) is 4.07. The number of imide groups is 1. The number of anilines is 3. The number of nitrogens with zero attached hydrogens (tertiary/aromatic N) is 2. The van der Waals surface area contributed by atoms with Crippen LogP contribution in [-0.4, -0.2) is 33.0 Å². The van der Waals surface area contributed by atoms with Gasteiger partial charge in [0.05, 0.1) is 18.4 Å². The first-order valence-electron chi connectivity index (χ1n) is 10.7. The van der Waals surface area contributed by atoms with Crippen molar-refractivity contribution in [2.75, 3.05) is 36.3 Å². The van der Waals surface area contributed by atoms with Crippen LogP contribution in [0.15, 0.2) is 72.4 Å². The van der Waals surface area contributed by atoms with E-state index in [1.54, 1.807) is 31.4 Å². The van der Waals surface area contributed by atoms with E-state index in [1.165, 1.54) is 4.90 Å². The van der Waals surface area contributed by atoms with Crippen LogP contribution in [0.2, 0.25) is 0 Å². The quantitative estimate of drug-likeness (QED) is 0.558. The maximum absolute atomic E-state index is 13.7. The highest BCUT2D eigenvalue weighted by Crippen LogP contribution is 2.38. The van der Waals surface area contributed by atoms with Crippen LogP contribution in [0.25, 0.3) is 5.57 Å². The van der Waals surface area contributed by atoms with Gasteiger partial charge in [-0.2, -0.15) is 0 Å². The Morgan fingerprint density at radius 3 is 2.21 bits per heavy atom. The number of aryl methyl sites for hydroxylation is 2. The fraction of sp³-hybridized carbons (Fsp3) is 0.185. The summed E-state index contributed by atoms with van der Waals surface area (Å²) in [4.78, 5) is 30.5. The molecule has 3 aromatic carbocycles. The van der Waals surface area contributed by atoms with E-state index >= 15 is 0 Å². The number of rotatable bonds is 6. The van der Waals surface area contributed by atoms with Gasteiger partial charge in [0.2, 0.25) is 0 Å². The minimum Gasteiger partial charge on any atom is -0.496 e. The lowest BCUT2D eigenvalue weighted by Gasteiger charge is -2.18. The molecule has 0 bridgehead atoms. The molecule has 0 unspecified atom stereocenters. The number of ether oxygens (including phenoxy) is 1. The summed E-state index contributed by atoms with van der Waals surface area (Å²) in [5.41, 5.74) is 5.45. The Hall–Kier alpha value is -4.06. The number of carbonyl (C=O) groups excluding carboxylic acids is 2. The number of carbonyl (C=O) groups is 2. The van der Waals surface area contributed by atoms with Gasteiger partial charge in [-0.15, -0.1) is 0 Å². The van der Waals surface area contributed by atoms with Crippen LogP contribution in [0, 0.1) is 13.8 Å². The Labute approximate surface area is 194 Å². The van der Waals surface area contributed by atoms with E-state index in [-0.39, 0.29) is 11.3 Å². The van der Waals surface area contributed by atoms with Crippen LogP contribution in [-0.2, 0) is 9.59 Å². The standard InChI is InChI=1S/C27H27N3O3/c1-17-10-15-22(18(2)16-17)28-25-24(21-8-6-7-9-23(21)33-5)26(31)30(27(25)32)20-13-11-19(12-14-20)29(3)4/h6-16,28H,1-5H3. The lowest BCUT2D eigenvalue weighted by molar-refractivity contribution is -0.120. The van der Waals surface area contributed by atoms with E-state index in [1.807, 2.05) is 75.3 Å². The van der Waals surface area contributed by atoms with Gasteiger partial charge in [-0.3, -0.25) is 9.59 Å². The fourth-order valence-corrected chi connectivity index (χ4v) is 3.97. The molecule has 1 aliphatic rings. The molecule has 1 aliphatic heterocycles. The second-order valence-electron chi connectivity index (χ2n) is 8.25. The van der Waals surface area contributed by atoms with Crippen molar-refractivity contribution in [2.45, 2.75) is 13.8 Å². The molecule has 0 fully saturated rings. The molecule has 6 nitrogen and oxygen atoms in total. The number of amides is 2. The second kappa shape index (κ2) is 8.82. The maximum atomic E-state index is 13.7. The van der Waals surface area contributed by atoms with Gasteiger partial charge in [-0.05, 0) is 55.8 Å². The number of hydrogen-bond acceptors (Lipinski definition) is 5. The minimum atomic E-state index is -0.404. The Morgan fingerprint density at radius 2 is 1.58 bits per heavy atom. The summed E-state index contributed by atoms with van der Waals surface area (Å²) < 4.78 is 5.51. The van der Waals surface area contributed by atoms with Crippen molar-refractivity contribution in [3.8, 4) is 5.75 Å². The number of methoxy groups -OCH3 is 1. The van der Waals surface area contributed by atoms with Crippen molar-refractivity contribution in [2.24, 2.45) is 0 Å². The summed E-state index contributed by atoms with van der Waals surface area (Å²) in [5, 5.41) is 3.25. The molecule has 0 saturated carbocycles. The number of para-hydroxylation sites is 1. The van der Waals surface area contributed by atoms with E-state index in [0.717, 1.165) is 22.5 Å². The zero-order valence-corrected chi connectivity index (χ0v) is 19.5. The molecule has 0 aromatic heterocycles. The first-order valence-corrected chi connectivity index (χ1v) is 10.7. The molecule has 0 spiro atoms. The second-order valence-corrected chi connectivity index (χ2v) is 8.25. The van der Waals surface area contributed by atoms with Crippen LogP contribution in [0.1, 0.15) is 16.7 Å². The van der Waals surface area contributed by atoms with Gasteiger partial charge in [0.1, 0.15) is 11.4 Å². The molecule has 1 heterocycles. The van der Waals surface area contributed by atoms with Gasteiger partial charge in [0.15, 0.2) is 0 Å². The molecule has 3 aromatic rings. The number of hydrogen-bond donors (Lipinski definition) is 1. The zero-order valence-electron chi connectivity index (χ0n) is 19.5. The topological polar surface area (TPSA) is 61.9 Å². The third-order valence-electron chi connectivity index (χ3n) is 5.73. The molecule has 33 heavy (non-hydrogen) atoms. The van der Waals surface area contributed by atoms with Crippen molar-refractivity contribution in [3.63, 3.8) is 0 Å². The van der Waals surface area contributed by atoms with Crippen LogP contribution >= 0.6 is 0 Å². The molecular formula is C27H27N3O3. The maximum Gasteiger partial charge on any atom is 0.282 e. The fourth-order valence-electron chi connectivity index (χ4n) is 3.97. The average molecular weight is 442 g/mol. The summed E-state index contributed by atoms with van der Waals surface area (Å²) in [7, 11) is 5.43. The highest BCUT2D eigenvalue weighted by Gasteiger charge is 2.41. The molecule has 2 amide bonds. The van der Waals surface area contributed by atoms with Crippen molar-refractivity contribution >= 4 is 34.4 Å². The molecule has 6 heteroatoms. The highest BCUT2D eigenvalue weighted by atomic mass is 16.5. The Morgan fingerprint density at radius 1 is 0.879 bits per heavy atom. The monoisotopic (exact) mass is 441 g/mol. The Bertz CT molecular complexity index is 1260. The molecular weight excluding hydrogens is 414 g/mol. The Kier molecular flexibility index (Phi) is 5.92. The first kappa shape index (κ1) is 22.1. The van der Waals surface area contributed by atoms with Crippen LogP contribution in [0.3, 0.4) is 0 Å². The smallest absolute Gasteiger partial charge is 0.282 e. The summed E-state index contributed by atoms with van der Waals surface area (Å²) in [6.45, 7) is 3.98. The predicted molar refractivity (Wildman–Crippen MR) is 133 cm³/mol. The highest BCUT2D eigenvalue weighted by molar-refractivity contribution is 6.46. The first-order chi connectivity index (χ1) is 15.8. The van der Waals surface area contributed by atoms with Gasteiger partial charge in [-0.1, -0.05) is 35.9 Å². The molecule has 0 atom stereocenters. The van der Waals surface area contributed by atoms with Crippen LogP contribution in [0.4, 0.5) is 17.1 Å². The number of nitrogens with one attached hydrogen (secondary N) is 1. The van der Waals surface area contributed by atoms with Gasteiger partial charge in [-0.25, -0.2) is 4.90 Å². The van der Waals surface area contributed by atoms with Gasteiger partial charge < -0.3 is 15.0 Å². The summed E-state index contributed by atoms with van der Waals surface area (Å²) in [5.74, 6) is -0.272. The molecule has 0 aliphatic carbocycles. The van der Waals surface area contributed by atoms with Crippen molar-refractivity contribution in [1.82, 2.24) is 0 Å². The van der Waals surface area contributed by atoms with Crippen LogP contribution in [0.5, 0.6) is 5.75 Å². The van der Waals surface area contributed by atoms with E-state index < -0.39 is 11.8 Å². The largest absolute Gasteiger partial charge is 0.496 e. The molecule has 0 radical (unpaired) electrons. The number of benzene rings is 3. The van der Waals surface area contributed by atoms with E-state index in [9.17, 15) is 9.59 Å². The molecule has 4 rings (SSSR count). The van der Waals surface area contributed by atoms with Gasteiger partial charge in [0, 0.05) is 31.0 Å². The van der Waals surface area contributed by atoms with Crippen molar-refractivity contribution in [3.05, 3.63) is 89.1 Å². The van der Waals surface area contributed by atoms with Crippen molar-refractivity contribution < 1.29 is 14.3 Å². The molecule has 168 valence electrons. The summed E-state index contributed by atoms with van der Waals surface area (Å²) in [6, 6.07) is 20.5. The van der Waals surface area contributed by atoms with Gasteiger partial charge >= 0.3 is 0 Å². The molecule has 0 saturated heterocycles. The van der Waals surface area contributed by atoms with E-state index in [2.05, 4.69) is 5.32 Å². The summed E-state index contributed by atoms with van der Waals surface area (Å²) >= 11 is 0. The molecule has 1 N–H and O–H groups in total. The Balaban J connectivity index is 1.84. The minimum absolute atomic E-state index is 0.230. The van der Waals surface area contributed by atoms with E-state index in [0.29, 0.717) is 17.0 Å². The normalized spacial score (nSPS) is 13.5.